The van der Waals surface area contributed by atoms with Gasteiger partial charge in [-0.1, -0.05) is 13.8 Å². The Kier molecular flexibility index (Phi) is 4.90. The van der Waals surface area contributed by atoms with Crippen LogP contribution >= 0.6 is 0 Å². The molecule has 120 valence electrons. The molecule has 22 heavy (non-hydrogen) atoms. The highest BCUT2D eigenvalue weighted by Gasteiger charge is 2.25. The molecule has 2 rings (SSSR count). The van der Waals surface area contributed by atoms with Gasteiger partial charge in [-0.3, -0.25) is 9.59 Å². The van der Waals surface area contributed by atoms with Crippen LogP contribution in [0.5, 0.6) is 11.5 Å². The molecular formula is C16H21NO5. The Morgan fingerprint density at radius 1 is 1.18 bits per heavy atom. The van der Waals surface area contributed by atoms with Crippen LogP contribution in [0, 0.1) is 5.41 Å². The van der Waals surface area contributed by atoms with Gasteiger partial charge in [-0.25, -0.2) is 0 Å². The number of hydrogen-bond acceptors (Lipinski definition) is 4. The molecular weight excluding hydrogens is 286 g/mol. The zero-order valence-corrected chi connectivity index (χ0v) is 12.8. The first kappa shape index (κ1) is 16.1. The van der Waals surface area contributed by atoms with Crippen LogP contribution < -0.4 is 14.8 Å². The molecule has 0 radical (unpaired) electrons. The Bertz CT molecular complexity index is 568. The van der Waals surface area contributed by atoms with Crippen LogP contribution in [0.25, 0.3) is 0 Å². The van der Waals surface area contributed by atoms with E-state index in [-0.39, 0.29) is 18.7 Å². The molecule has 0 saturated heterocycles. The lowest BCUT2D eigenvalue weighted by Gasteiger charge is -2.21. The Balaban J connectivity index is 2.00. The Morgan fingerprint density at radius 3 is 2.55 bits per heavy atom. The third-order valence-electron chi connectivity index (χ3n) is 3.30. The number of hydrogen-bond donors (Lipinski definition) is 2. The summed E-state index contributed by atoms with van der Waals surface area (Å²) >= 11 is 0. The zero-order chi connectivity index (χ0) is 16.2. The summed E-state index contributed by atoms with van der Waals surface area (Å²) in [6, 6.07) is 5.23. The van der Waals surface area contributed by atoms with Gasteiger partial charge in [-0.05, 0) is 17.5 Å². The second-order valence-electron chi connectivity index (χ2n) is 6.17. The summed E-state index contributed by atoms with van der Waals surface area (Å²) in [5, 5.41) is 11.6. The number of fused-ring (bicyclic) bond motifs is 1. The number of ether oxygens (including phenoxy) is 2. The molecule has 0 aliphatic carbocycles. The predicted molar refractivity (Wildman–Crippen MR) is 81.3 cm³/mol. The summed E-state index contributed by atoms with van der Waals surface area (Å²) in [6.45, 7) is 4.71. The Morgan fingerprint density at radius 2 is 1.86 bits per heavy atom. The zero-order valence-electron chi connectivity index (χ0n) is 12.8. The standard InChI is InChI=1S/C16H21NO5/c1-16(2,10-15(19)20)9-14(18)17-11-4-5-12-13(8-11)22-7-3-6-21-12/h4-5,8H,3,6-7,9-10H2,1-2H3,(H,17,18)(H,19,20). The van der Waals surface area contributed by atoms with Crippen LogP contribution in [-0.2, 0) is 9.59 Å². The van der Waals surface area contributed by atoms with E-state index in [0.717, 1.165) is 6.42 Å². The molecule has 6 nitrogen and oxygen atoms in total. The Labute approximate surface area is 129 Å². The normalized spacial score (nSPS) is 14.1. The molecule has 6 heteroatoms. The number of aliphatic carboxylic acids is 1. The average molecular weight is 307 g/mol. The molecule has 1 aromatic carbocycles. The van der Waals surface area contributed by atoms with E-state index in [2.05, 4.69) is 5.32 Å². The second kappa shape index (κ2) is 6.68. The van der Waals surface area contributed by atoms with E-state index >= 15 is 0 Å². The quantitative estimate of drug-likeness (QED) is 0.873. The van der Waals surface area contributed by atoms with Crippen molar-refractivity contribution in [3.8, 4) is 11.5 Å². The number of carbonyl (C=O) groups is 2. The molecule has 0 unspecified atom stereocenters. The molecule has 2 N–H and O–H groups in total. The van der Waals surface area contributed by atoms with Gasteiger partial charge in [-0.2, -0.15) is 0 Å². The van der Waals surface area contributed by atoms with E-state index in [1.54, 1.807) is 32.0 Å². The predicted octanol–water partition coefficient (Wildman–Crippen LogP) is 2.68. The van der Waals surface area contributed by atoms with Crippen molar-refractivity contribution in [2.75, 3.05) is 18.5 Å². The molecule has 0 saturated carbocycles. The Hall–Kier alpha value is -2.24. The number of carboxylic acid groups (broad SMARTS) is 1. The fourth-order valence-electron chi connectivity index (χ4n) is 2.35. The smallest absolute Gasteiger partial charge is 0.303 e. The van der Waals surface area contributed by atoms with Crippen molar-refractivity contribution in [2.24, 2.45) is 5.41 Å². The van der Waals surface area contributed by atoms with Gasteiger partial charge in [0, 0.05) is 24.6 Å². The van der Waals surface area contributed by atoms with E-state index in [4.69, 9.17) is 14.6 Å². The molecule has 1 aliphatic rings. The minimum Gasteiger partial charge on any atom is -0.490 e. The molecule has 1 heterocycles. The first-order chi connectivity index (χ1) is 10.4. The monoisotopic (exact) mass is 307 g/mol. The van der Waals surface area contributed by atoms with Crippen LogP contribution in [0.3, 0.4) is 0 Å². The topological polar surface area (TPSA) is 84.9 Å². The highest BCUT2D eigenvalue weighted by molar-refractivity contribution is 5.91. The third kappa shape index (κ3) is 4.65. The number of amides is 1. The van der Waals surface area contributed by atoms with Gasteiger partial charge in [0.1, 0.15) is 0 Å². The van der Waals surface area contributed by atoms with Crippen LogP contribution in [0.2, 0.25) is 0 Å². The maximum absolute atomic E-state index is 12.1. The average Bonchev–Trinajstić information content (AvgIpc) is 2.60. The van der Waals surface area contributed by atoms with Crippen LogP contribution in [0.4, 0.5) is 5.69 Å². The molecule has 0 aromatic heterocycles. The van der Waals surface area contributed by atoms with E-state index < -0.39 is 11.4 Å². The summed E-state index contributed by atoms with van der Waals surface area (Å²) in [6.07, 6.45) is 0.898. The number of anilines is 1. The highest BCUT2D eigenvalue weighted by atomic mass is 16.5. The number of nitrogens with one attached hydrogen (secondary N) is 1. The van der Waals surface area contributed by atoms with Gasteiger partial charge in [-0.15, -0.1) is 0 Å². The van der Waals surface area contributed by atoms with Crippen molar-refractivity contribution >= 4 is 17.6 Å². The fraction of sp³-hybridized carbons (Fsp3) is 0.500. The highest BCUT2D eigenvalue weighted by Crippen LogP contribution is 2.33. The summed E-state index contributed by atoms with van der Waals surface area (Å²) in [5.74, 6) is 0.149. The summed E-state index contributed by atoms with van der Waals surface area (Å²) in [4.78, 5) is 22.9. The van der Waals surface area contributed by atoms with Crippen LogP contribution in [-0.4, -0.2) is 30.2 Å². The fourth-order valence-corrected chi connectivity index (χ4v) is 2.35. The lowest BCUT2D eigenvalue weighted by Crippen LogP contribution is -2.24. The van der Waals surface area contributed by atoms with E-state index in [1.165, 1.54) is 0 Å². The SMILES string of the molecule is CC(C)(CC(=O)O)CC(=O)Nc1ccc2c(c1)OCCCO2. The summed E-state index contributed by atoms with van der Waals surface area (Å²) in [7, 11) is 0. The maximum atomic E-state index is 12.1. The van der Waals surface area contributed by atoms with Gasteiger partial charge in [0.25, 0.3) is 0 Å². The van der Waals surface area contributed by atoms with Gasteiger partial charge in [0.05, 0.1) is 19.6 Å². The summed E-state index contributed by atoms with van der Waals surface area (Å²) in [5.41, 5.74) is 0.0154. The molecule has 0 bridgehead atoms. The third-order valence-corrected chi connectivity index (χ3v) is 3.30. The van der Waals surface area contributed by atoms with Crippen molar-refractivity contribution in [1.29, 1.82) is 0 Å². The molecule has 0 spiro atoms. The molecule has 1 aliphatic heterocycles. The van der Waals surface area contributed by atoms with Crippen molar-refractivity contribution in [1.82, 2.24) is 0 Å². The van der Waals surface area contributed by atoms with Crippen molar-refractivity contribution in [3.63, 3.8) is 0 Å². The van der Waals surface area contributed by atoms with Crippen LogP contribution in [0.1, 0.15) is 33.1 Å². The van der Waals surface area contributed by atoms with E-state index in [0.29, 0.717) is 30.4 Å². The van der Waals surface area contributed by atoms with Crippen molar-refractivity contribution in [2.45, 2.75) is 33.1 Å². The van der Waals surface area contributed by atoms with Gasteiger partial charge >= 0.3 is 5.97 Å². The van der Waals surface area contributed by atoms with Gasteiger partial charge < -0.3 is 19.9 Å². The number of carboxylic acids is 1. The van der Waals surface area contributed by atoms with Gasteiger partial charge in [0.2, 0.25) is 5.91 Å². The molecule has 1 aromatic rings. The minimum absolute atomic E-state index is 0.0540. The lowest BCUT2D eigenvalue weighted by atomic mass is 9.85. The van der Waals surface area contributed by atoms with Crippen LogP contribution in [0.15, 0.2) is 18.2 Å². The largest absolute Gasteiger partial charge is 0.490 e. The number of benzene rings is 1. The van der Waals surface area contributed by atoms with E-state index in [1.807, 2.05) is 0 Å². The summed E-state index contributed by atoms with van der Waals surface area (Å²) < 4.78 is 11.1. The first-order valence-corrected chi connectivity index (χ1v) is 7.27. The maximum Gasteiger partial charge on any atom is 0.303 e. The molecule has 0 atom stereocenters. The minimum atomic E-state index is -0.909. The molecule has 1 amide bonds. The second-order valence-corrected chi connectivity index (χ2v) is 6.17. The van der Waals surface area contributed by atoms with Crippen molar-refractivity contribution in [3.05, 3.63) is 18.2 Å². The van der Waals surface area contributed by atoms with Gasteiger partial charge in [0.15, 0.2) is 11.5 Å². The molecule has 0 fully saturated rings. The lowest BCUT2D eigenvalue weighted by molar-refractivity contribution is -0.139. The number of carbonyl (C=O) groups excluding carboxylic acids is 1. The number of rotatable bonds is 5. The first-order valence-electron chi connectivity index (χ1n) is 7.27. The van der Waals surface area contributed by atoms with Crippen molar-refractivity contribution < 1.29 is 24.2 Å². The van der Waals surface area contributed by atoms with E-state index in [9.17, 15) is 9.59 Å².